The SMILES string of the molecule is COc1ccc(C)cc1CN(C)S(=O)(=O)c1cccc(C(F)(F)F)c1. The molecule has 0 amide bonds. The molecular formula is C17H18F3NO3S. The molecule has 0 spiro atoms. The van der Waals surface area contributed by atoms with E-state index in [2.05, 4.69) is 0 Å². The van der Waals surface area contributed by atoms with E-state index < -0.39 is 26.7 Å². The molecule has 4 nitrogen and oxygen atoms in total. The Morgan fingerprint density at radius 1 is 1.12 bits per heavy atom. The van der Waals surface area contributed by atoms with Crippen LogP contribution in [0.15, 0.2) is 47.4 Å². The lowest BCUT2D eigenvalue weighted by atomic mass is 10.1. The molecule has 0 atom stereocenters. The van der Waals surface area contributed by atoms with Crippen LogP contribution in [-0.2, 0) is 22.7 Å². The highest BCUT2D eigenvalue weighted by atomic mass is 32.2. The molecule has 0 radical (unpaired) electrons. The molecule has 0 aliphatic heterocycles. The molecule has 2 aromatic carbocycles. The minimum Gasteiger partial charge on any atom is -0.496 e. The number of alkyl halides is 3. The molecule has 8 heteroatoms. The van der Waals surface area contributed by atoms with Gasteiger partial charge < -0.3 is 4.74 Å². The van der Waals surface area contributed by atoms with Crippen LogP contribution in [-0.4, -0.2) is 26.9 Å². The molecule has 2 aromatic rings. The van der Waals surface area contributed by atoms with Crippen molar-refractivity contribution in [3.8, 4) is 5.75 Å². The van der Waals surface area contributed by atoms with Gasteiger partial charge in [0.1, 0.15) is 5.75 Å². The molecule has 0 unspecified atom stereocenters. The lowest BCUT2D eigenvalue weighted by Gasteiger charge is -2.20. The van der Waals surface area contributed by atoms with Gasteiger partial charge in [0.15, 0.2) is 0 Å². The summed E-state index contributed by atoms with van der Waals surface area (Å²) in [6.45, 7) is 1.83. The summed E-state index contributed by atoms with van der Waals surface area (Å²) in [5, 5.41) is 0. The molecule has 0 aliphatic rings. The summed E-state index contributed by atoms with van der Waals surface area (Å²) in [5.41, 5.74) is 0.538. The highest BCUT2D eigenvalue weighted by Gasteiger charge is 2.32. The quantitative estimate of drug-likeness (QED) is 0.800. The van der Waals surface area contributed by atoms with E-state index in [1.807, 2.05) is 13.0 Å². The predicted octanol–water partition coefficient (Wildman–Crippen LogP) is 3.84. The maximum atomic E-state index is 12.8. The van der Waals surface area contributed by atoms with Crippen LogP contribution in [0, 0.1) is 6.92 Å². The van der Waals surface area contributed by atoms with Crippen LogP contribution in [0.2, 0.25) is 0 Å². The number of ether oxygens (including phenoxy) is 1. The molecule has 136 valence electrons. The van der Waals surface area contributed by atoms with Crippen LogP contribution in [0.5, 0.6) is 5.75 Å². The number of aryl methyl sites for hydroxylation is 1. The molecule has 0 heterocycles. The van der Waals surface area contributed by atoms with Crippen LogP contribution in [0.4, 0.5) is 13.2 Å². The zero-order valence-electron chi connectivity index (χ0n) is 14.0. The third-order valence-corrected chi connectivity index (χ3v) is 5.50. The van der Waals surface area contributed by atoms with E-state index in [4.69, 9.17) is 4.74 Å². The van der Waals surface area contributed by atoms with Crippen molar-refractivity contribution < 1.29 is 26.3 Å². The summed E-state index contributed by atoms with van der Waals surface area (Å²) in [6, 6.07) is 9.02. The smallest absolute Gasteiger partial charge is 0.416 e. The number of rotatable bonds is 5. The topological polar surface area (TPSA) is 46.6 Å². The van der Waals surface area contributed by atoms with Crippen molar-refractivity contribution in [3.63, 3.8) is 0 Å². The molecule has 2 rings (SSSR count). The molecule has 0 saturated carbocycles. The second-order valence-corrected chi connectivity index (χ2v) is 7.65. The largest absolute Gasteiger partial charge is 0.496 e. The molecule has 0 N–H and O–H groups in total. The van der Waals surface area contributed by atoms with Gasteiger partial charge in [-0.2, -0.15) is 17.5 Å². The summed E-state index contributed by atoms with van der Waals surface area (Å²) in [6.07, 6.45) is -4.61. The van der Waals surface area contributed by atoms with Gasteiger partial charge in [-0.3, -0.25) is 0 Å². The van der Waals surface area contributed by atoms with Crippen molar-refractivity contribution >= 4 is 10.0 Å². The number of sulfonamides is 1. The Kier molecular flexibility index (Phi) is 5.43. The van der Waals surface area contributed by atoms with Gasteiger partial charge in [-0.25, -0.2) is 8.42 Å². The van der Waals surface area contributed by atoms with Gasteiger partial charge in [-0.05, 0) is 31.2 Å². The molecule has 25 heavy (non-hydrogen) atoms. The minimum absolute atomic E-state index is 0.0244. The van der Waals surface area contributed by atoms with E-state index in [0.29, 0.717) is 17.4 Å². The number of halogens is 3. The third kappa shape index (κ3) is 4.32. The summed E-state index contributed by atoms with van der Waals surface area (Å²) in [5.74, 6) is 0.511. The van der Waals surface area contributed by atoms with Crippen molar-refractivity contribution in [2.24, 2.45) is 0 Å². The highest BCUT2D eigenvalue weighted by Crippen LogP contribution is 2.31. The fourth-order valence-corrected chi connectivity index (χ4v) is 3.56. The highest BCUT2D eigenvalue weighted by molar-refractivity contribution is 7.89. The van der Waals surface area contributed by atoms with Crippen molar-refractivity contribution in [1.29, 1.82) is 0 Å². The molecular weight excluding hydrogens is 355 g/mol. The van der Waals surface area contributed by atoms with E-state index in [0.717, 1.165) is 28.1 Å². The first kappa shape index (κ1) is 19.3. The van der Waals surface area contributed by atoms with Crippen LogP contribution in [0.25, 0.3) is 0 Å². The average molecular weight is 373 g/mol. The Bertz CT molecular complexity index is 864. The monoisotopic (exact) mass is 373 g/mol. The zero-order chi connectivity index (χ0) is 18.8. The lowest BCUT2D eigenvalue weighted by Crippen LogP contribution is -2.27. The zero-order valence-corrected chi connectivity index (χ0v) is 14.8. The summed E-state index contributed by atoms with van der Waals surface area (Å²) in [4.78, 5) is -0.406. The summed E-state index contributed by atoms with van der Waals surface area (Å²) >= 11 is 0. The summed E-state index contributed by atoms with van der Waals surface area (Å²) in [7, 11) is -1.30. The van der Waals surface area contributed by atoms with E-state index in [9.17, 15) is 21.6 Å². The van der Waals surface area contributed by atoms with Gasteiger partial charge in [-0.1, -0.05) is 23.8 Å². The fraction of sp³-hybridized carbons (Fsp3) is 0.294. The molecule has 0 saturated heterocycles. The van der Waals surface area contributed by atoms with Crippen molar-refractivity contribution in [2.45, 2.75) is 24.5 Å². The predicted molar refractivity (Wildman–Crippen MR) is 87.8 cm³/mol. The number of hydrogen-bond donors (Lipinski definition) is 0. The number of methoxy groups -OCH3 is 1. The van der Waals surface area contributed by atoms with Gasteiger partial charge in [0.2, 0.25) is 10.0 Å². The second-order valence-electron chi connectivity index (χ2n) is 5.60. The fourth-order valence-electron chi connectivity index (χ4n) is 2.37. The van der Waals surface area contributed by atoms with Gasteiger partial charge in [0, 0.05) is 19.2 Å². The normalized spacial score (nSPS) is 12.4. The average Bonchev–Trinajstić information content (AvgIpc) is 2.54. The molecule has 0 bridgehead atoms. The first-order valence-electron chi connectivity index (χ1n) is 7.33. The standard InChI is InChI=1S/C17H18F3NO3S/c1-12-7-8-16(24-3)13(9-12)11-21(2)25(22,23)15-6-4-5-14(10-15)17(18,19)20/h4-10H,11H2,1-3H3. The first-order chi connectivity index (χ1) is 11.6. The van der Waals surface area contributed by atoms with Gasteiger partial charge in [0.05, 0.1) is 17.6 Å². The van der Waals surface area contributed by atoms with E-state index in [-0.39, 0.29) is 6.54 Å². The Morgan fingerprint density at radius 3 is 2.40 bits per heavy atom. The van der Waals surface area contributed by atoms with E-state index in [1.54, 1.807) is 12.1 Å². The van der Waals surface area contributed by atoms with Crippen LogP contribution < -0.4 is 4.74 Å². The van der Waals surface area contributed by atoms with Gasteiger partial charge in [-0.15, -0.1) is 0 Å². The Morgan fingerprint density at radius 2 is 1.80 bits per heavy atom. The third-order valence-electron chi connectivity index (χ3n) is 3.70. The lowest BCUT2D eigenvalue weighted by molar-refractivity contribution is -0.137. The first-order valence-corrected chi connectivity index (χ1v) is 8.77. The number of nitrogens with zero attached hydrogens (tertiary/aromatic N) is 1. The van der Waals surface area contributed by atoms with Gasteiger partial charge >= 0.3 is 6.18 Å². The molecule has 0 aliphatic carbocycles. The Balaban J connectivity index is 2.36. The Labute approximate surface area is 144 Å². The van der Waals surface area contributed by atoms with Gasteiger partial charge in [0.25, 0.3) is 0 Å². The van der Waals surface area contributed by atoms with Crippen LogP contribution in [0.1, 0.15) is 16.7 Å². The van der Waals surface area contributed by atoms with Crippen LogP contribution >= 0.6 is 0 Å². The summed E-state index contributed by atoms with van der Waals surface area (Å²) < 4.78 is 69.9. The number of benzene rings is 2. The Hall–Kier alpha value is -2.06. The molecule has 0 aromatic heterocycles. The van der Waals surface area contributed by atoms with Crippen LogP contribution in [0.3, 0.4) is 0 Å². The van der Waals surface area contributed by atoms with E-state index in [1.165, 1.54) is 14.2 Å². The number of hydrogen-bond acceptors (Lipinski definition) is 3. The maximum absolute atomic E-state index is 12.8. The maximum Gasteiger partial charge on any atom is 0.416 e. The van der Waals surface area contributed by atoms with E-state index >= 15 is 0 Å². The van der Waals surface area contributed by atoms with Crippen molar-refractivity contribution in [1.82, 2.24) is 4.31 Å². The minimum atomic E-state index is -4.61. The second kappa shape index (κ2) is 7.05. The molecule has 0 fully saturated rings. The van der Waals surface area contributed by atoms with Crippen molar-refractivity contribution in [3.05, 3.63) is 59.2 Å². The van der Waals surface area contributed by atoms with Crippen molar-refractivity contribution in [2.75, 3.05) is 14.2 Å².